The Morgan fingerprint density at radius 1 is 1.22 bits per heavy atom. The smallest absolute Gasteiger partial charge is 0.135 e. The van der Waals surface area contributed by atoms with E-state index in [1.54, 1.807) is 0 Å². The van der Waals surface area contributed by atoms with E-state index in [1.807, 2.05) is 24.3 Å². The van der Waals surface area contributed by atoms with Crippen LogP contribution in [0.5, 0.6) is 0 Å². The van der Waals surface area contributed by atoms with Crippen molar-refractivity contribution in [3.05, 3.63) is 51.9 Å². The minimum Gasteiger partial charge on any atom is -0.384 e. The highest BCUT2D eigenvalue weighted by molar-refractivity contribution is 9.10. The summed E-state index contributed by atoms with van der Waals surface area (Å²) in [5.41, 5.74) is 8.01. The van der Waals surface area contributed by atoms with Crippen molar-refractivity contribution in [3.63, 3.8) is 0 Å². The Morgan fingerprint density at radius 2 is 2.00 bits per heavy atom. The van der Waals surface area contributed by atoms with Crippen LogP contribution in [-0.2, 0) is 12.8 Å². The fraction of sp³-hybridized carbons (Fsp3) is 0.286. The van der Waals surface area contributed by atoms with Crippen LogP contribution >= 0.6 is 15.9 Å². The number of aryl methyl sites for hydroxylation is 1. The third kappa shape index (κ3) is 3.29. The van der Waals surface area contributed by atoms with Crippen molar-refractivity contribution >= 4 is 21.7 Å². The molecule has 18 heavy (non-hydrogen) atoms. The van der Waals surface area contributed by atoms with Crippen LogP contribution in [0.25, 0.3) is 0 Å². The molecule has 2 rings (SSSR count). The topological polar surface area (TPSA) is 51.8 Å². The Kier molecular flexibility index (Phi) is 4.31. The molecule has 0 aliphatic heterocycles. The largest absolute Gasteiger partial charge is 0.384 e. The highest BCUT2D eigenvalue weighted by Gasteiger charge is 2.06. The van der Waals surface area contributed by atoms with Crippen molar-refractivity contribution in [3.8, 4) is 0 Å². The van der Waals surface area contributed by atoms with Crippen molar-refractivity contribution in [2.75, 3.05) is 5.73 Å². The lowest BCUT2D eigenvalue weighted by atomic mass is 10.1. The van der Waals surface area contributed by atoms with Gasteiger partial charge in [0.2, 0.25) is 0 Å². The lowest BCUT2D eigenvalue weighted by Gasteiger charge is -2.06. The van der Waals surface area contributed by atoms with Gasteiger partial charge in [-0.1, -0.05) is 47.5 Å². The average molecular weight is 306 g/mol. The molecule has 0 saturated carbocycles. The van der Waals surface area contributed by atoms with E-state index >= 15 is 0 Å². The number of benzene rings is 1. The summed E-state index contributed by atoms with van der Waals surface area (Å²) in [6.07, 6.45) is 2.70. The zero-order valence-electron chi connectivity index (χ0n) is 10.4. The predicted molar refractivity (Wildman–Crippen MR) is 77.4 cm³/mol. The number of nitrogen functional groups attached to an aromatic ring is 1. The Labute approximate surface area is 116 Å². The monoisotopic (exact) mass is 305 g/mol. The van der Waals surface area contributed by atoms with E-state index in [9.17, 15) is 0 Å². The van der Waals surface area contributed by atoms with Crippen molar-refractivity contribution in [1.82, 2.24) is 9.97 Å². The van der Waals surface area contributed by atoms with Gasteiger partial charge in [0.1, 0.15) is 11.6 Å². The molecule has 1 aromatic carbocycles. The summed E-state index contributed by atoms with van der Waals surface area (Å²) in [5, 5.41) is 0. The summed E-state index contributed by atoms with van der Waals surface area (Å²) in [7, 11) is 0. The van der Waals surface area contributed by atoms with Gasteiger partial charge in [-0.25, -0.2) is 9.97 Å². The van der Waals surface area contributed by atoms with E-state index in [4.69, 9.17) is 5.73 Å². The van der Waals surface area contributed by atoms with Gasteiger partial charge in [0.25, 0.3) is 0 Å². The molecule has 0 aliphatic carbocycles. The molecule has 0 bridgehead atoms. The van der Waals surface area contributed by atoms with E-state index < -0.39 is 0 Å². The van der Waals surface area contributed by atoms with Crippen molar-refractivity contribution in [2.45, 2.75) is 26.2 Å². The third-order valence-electron chi connectivity index (χ3n) is 2.66. The number of anilines is 1. The van der Waals surface area contributed by atoms with Gasteiger partial charge in [-0.05, 0) is 18.1 Å². The minimum absolute atomic E-state index is 0.551. The van der Waals surface area contributed by atoms with Gasteiger partial charge in [-0.2, -0.15) is 0 Å². The first-order chi connectivity index (χ1) is 8.69. The Morgan fingerprint density at radius 3 is 2.72 bits per heavy atom. The molecule has 0 atom stereocenters. The number of nitrogens with zero attached hydrogens (tertiary/aromatic N) is 2. The SMILES string of the molecule is CCCc1cc(N)nc(Cc2ccccc2Br)n1. The molecule has 0 fully saturated rings. The molecule has 0 unspecified atom stereocenters. The van der Waals surface area contributed by atoms with E-state index in [0.717, 1.165) is 28.8 Å². The van der Waals surface area contributed by atoms with Gasteiger partial charge < -0.3 is 5.73 Å². The van der Waals surface area contributed by atoms with Crippen LogP contribution in [0.2, 0.25) is 0 Å². The van der Waals surface area contributed by atoms with Gasteiger partial charge in [-0.15, -0.1) is 0 Å². The first-order valence-corrected chi connectivity index (χ1v) is 6.84. The highest BCUT2D eigenvalue weighted by Crippen LogP contribution is 2.18. The predicted octanol–water partition coefficient (Wildman–Crippen LogP) is 3.36. The summed E-state index contributed by atoms with van der Waals surface area (Å²) in [6.45, 7) is 2.13. The maximum atomic E-state index is 5.82. The highest BCUT2D eigenvalue weighted by atomic mass is 79.9. The third-order valence-corrected chi connectivity index (χ3v) is 3.43. The standard InChI is InChI=1S/C14H16BrN3/c1-2-5-11-9-13(16)18-14(17-11)8-10-6-3-4-7-12(10)15/h3-4,6-7,9H,2,5,8H2,1H3,(H2,16,17,18). The second-order valence-corrected chi connectivity index (χ2v) is 5.07. The second-order valence-electron chi connectivity index (χ2n) is 4.22. The van der Waals surface area contributed by atoms with Crippen molar-refractivity contribution < 1.29 is 0 Å². The van der Waals surface area contributed by atoms with Crippen molar-refractivity contribution in [1.29, 1.82) is 0 Å². The molecule has 0 spiro atoms. The summed E-state index contributed by atoms with van der Waals surface area (Å²) in [6, 6.07) is 9.95. The number of rotatable bonds is 4. The minimum atomic E-state index is 0.551. The molecule has 0 saturated heterocycles. The van der Waals surface area contributed by atoms with Crippen LogP contribution in [0.15, 0.2) is 34.8 Å². The average Bonchev–Trinajstić information content (AvgIpc) is 2.32. The van der Waals surface area contributed by atoms with Gasteiger partial charge in [0.15, 0.2) is 0 Å². The molecule has 94 valence electrons. The van der Waals surface area contributed by atoms with E-state index in [0.29, 0.717) is 12.2 Å². The molecular formula is C14H16BrN3. The van der Waals surface area contributed by atoms with Gasteiger partial charge in [-0.3, -0.25) is 0 Å². The van der Waals surface area contributed by atoms with E-state index in [2.05, 4.69) is 38.9 Å². The lowest BCUT2D eigenvalue weighted by molar-refractivity contribution is 0.844. The molecule has 0 radical (unpaired) electrons. The Balaban J connectivity index is 2.26. The molecule has 1 heterocycles. The molecule has 0 aliphatic rings. The molecule has 3 nitrogen and oxygen atoms in total. The zero-order chi connectivity index (χ0) is 13.0. The van der Waals surface area contributed by atoms with Gasteiger partial charge in [0.05, 0.1) is 0 Å². The van der Waals surface area contributed by atoms with Crippen LogP contribution in [0, 0.1) is 0 Å². The second kappa shape index (κ2) is 5.96. The molecule has 4 heteroatoms. The van der Waals surface area contributed by atoms with Crippen LogP contribution < -0.4 is 5.73 Å². The number of hydrogen-bond donors (Lipinski definition) is 1. The quantitative estimate of drug-likeness (QED) is 0.942. The summed E-state index contributed by atoms with van der Waals surface area (Å²) in [4.78, 5) is 8.85. The molecule has 0 amide bonds. The van der Waals surface area contributed by atoms with E-state index in [-0.39, 0.29) is 0 Å². The number of halogens is 1. The van der Waals surface area contributed by atoms with E-state index in [1.165, 1.54) is 5.56 Å². The molecule has 2 aromatic rings. The fourth-order valence-corrected chi connectivity index (χ4v) is 2.28. The fourth-order valence-electron chi connectivity index (χ4n) is 1.85. The summed E-state index contributed by atoms with van der Waals surface area (Å²) < 4.78 is 1.08. The molecule has 2 N–H and O–H groups in total. The Bertz CT molecular complexity index is 540. The number of nitrogens with two attached hydrogens (primary N) is 1. The maximum Gasteiger partial charge on any atom is 0.135 e. The molecule has 1 aromatic heterocycles. The normalized spacial score (nSPS) is 10.6. The maximum absolute atomic E-state index is 5.82. The first-order valence-electron chi connectivity index (χ1n) is 6.04. The first kappa shape index (κ1) is 13.0. The zero-order valence-corrected chi connectivity index (χ0v) is 11.9. The Hall–Kier alpha value is -1.42. The summed E-state index contributed by atoms with van der Waals surface area (Å²) in [5.74, 6) is 1.33. The number of aromatic nitrogens is 2. The molecular weight excluding hydrogens is 290 g/mol. The summed E-state index contributed by atoms with van der Waals surface area (Å²) >= 11 is 3.53. The lowest BCUT2D eigenvalue weighted by Crippen LogP contribution is -2.04. The van der Waals surface area contributed by atoms with Crippen LogP contribution in [0.3, 0.4) is 0 Å². The van der Waals surface area contributed by atoms with Gasteiger partial charge >= 0.3 is 0 Å². The van der Waals surface area contributed by atoms with Crippen molar-refractivity contribution in [2.24, 2.45) is 0 Å². The van der Waals surface area contributed by atoms with Crippen LogP contribution in [-0.4, -0.2) is 9.97 Å². The van der Waals surface area contributed by atoms with Crippen LogP contribution in [0.4, 0.5) is 5.82 Å². The number of hydrogen-bond acceptors (Lipinski definition) is 3. The van der Waals surface area contributed by atoms with Crippen LogP contribution in [0.1, 0.15) is 30.4 Å². The van der Waals surface area contributed by atoms with Gasteiger partial charge in [0, 0.05) is 22.7 Å².